The molecule has 11 heteroatoms. The predicted molar refractivity (Wildman–Crippen MR) is 153 cm³/mol. The Morgan fingerprint density at radius 1 is 1.13 bits per heavy atom. The van der Waals surface area contributed by atoms with Gasteiger partial charge in [-0.05, 0) is 75.3 Å². The lowest BCUT2D eigenvalue weighted by atomic mass is 10.1. The molecule has 2 heterocycles. The zero-order valence-corrected chi connectivity index (χ0v) is 25.6. The second kappa shape index (κ2) is 12.1. The number of nitrogens with one attached hydrogen (secondary N) is 1. The zero-order valence-electron chi connectivity index (χ0n) is 23.8. The highest BCUT2D eigenvalue weighted by atomic mass is 35.5. The van der Waals surface area contributed by atoms with Crippen LogP contribution in [0.15, 0.2) is 48.8 Å². The van der Waals surface area contributed by atoms with E-state index in [-0.39, 0.29) is 22.0 Å². The summed E-state index contributed by atoms with van der Waals surface area (Å²) < 4.78 is 33.2. The van der Waals surface area contributed by atoms with Crippen LogP contribution in [-0.4, -0.2) is 47.4 Å². The Balaban J connectivity index is 1.71. The largest absolute Gasteiger partial charge is 0.444 e. The number of hydrogen-bond acceptors (Lipinski definition) is 6. The fourth-order valence-corrected chi connectivity index (χ4v) is 4.46. The van der Waals surface area contributed by atoms with E-state index in [9.17, 15) is 9.18 Å². The van der Waals surface area contributed by atoms with Gasteiger partial charge in [0.15, 0.2) is 14.1 Å². The molecule has 0 aliphatic rings. The molecule has 0 aliphatic carbocycles. The van der Waals surface area contributed by atoms with Crippen LogP contribution >= 0.6 is 11.6 Å². The molecule has 3 aromatic rings. The first-order chi connectivity index (χ1) is 18.0. The van der Waals surface area contributed by atoms with Gasteiger partial charge >= 0.3 is 6.09 Å². The van der Waals surface area contributed by atoms with Crippen LogP contribution in [0.2, 0.25) is 23.2 Å². The van der Waals surface area contributed by atoms with Crippen molar-refractivity contribution in [1.29, 1.82) is 0 Å². The highest BCUT2D eigenvalue weighted by Gasteiger charge is 2.38. The summed E-state index contributed by atoms with van der Waals surface area (Å²) in [6.07, 6.45) is 2.67. The second-order valence-corrected chi connectivity index (χ2v) is 17.2. The van der Waals surface area contributed by atoms with E-state index in [1.165, 1.54) is 6.20 Å². The van der Waals surface area contributed by atoms with Crippen LogP contribution in [0.3, 0.4) is 0 Å². The van der Waals surface area contributed by atoms with Gasteiger partial charge in [-0.2, -0.15) is 5.10 Å². The summed E-state index contributed by atoms with van der Waals surface area (Å²) in [7, 11) is -2.04. The number of alkyl carbamates (subject to hydrolysis) is 1. The van der Waals surface area contributed by atoms with E-state index in [2.05, 4.69) is 49.3 Å². The Labute approximate surface area is 236 Å². The Hall–Kier alpha value is -2.95. The van der Waals surface area contributed by atoms with Crippen molar-refractivity contribution in [2.24, 2.45) is 0 Å². The monoisotopic (exact) mass is 576 g/mol. The van der Waals surface area contributed by atoms with Crippen LogP contribution in [0.5, 0.6) is 11.6 Å². The topological polar surface area (TPSA) is 87.5 Å². The standard InChI is InChI=1S/C28H38ClFN4O4Si/c1-27(2,3)38-26(35)32-21(18-36-39(7,8)28(4,5)6)17-34-14-13-24(33-34)19-9-11-22(12-10-19)37-25-23(30)15-20(29)16-31-25/h9-16,21H,17-18H2,1-8H3,(H,32,35)/t21-/m0/s1. The third-order valence-corrected chi connectivity index (χ3v) is 11.1. The first-order valence-electron chi connectivity index (χ1n) is 12.8. The highest BCUT2D eigenvalue weighted by Crippen LogP contribution is 2.36. The van der Waals surface area contributed by atoms with Crippen LogP contribution in [0, 0.1) is 5.82 Å². The molecule has 8 nitrogen and oxygen atoms in total. The van der Waals surface area contributed by atoms with Crippen LogP contribution in [-0.2, 0) is 15.7 Å². The quantitative estimate of drug-likeness (QED) is 0.266. The molecule has 0 fully saturated rings. The molecule has 0 saturated heterocycles. The van der Waals surface area contributed by atoms with E-state index in [0.29, 0.717) is 18.9 Å². The van der Waals surface area contributed by atoms with Gasteiger partial charge in [-0.25, -0.2) is 14.2 Å². The average molecular weight is 577 g/mol. The number of hydrogen-bond donors (Lipinski definition) is 1. The Morgan fingerprint density at radius 3 is 2.38 bits per heavy atom. The molecule has 2 aromatic heterocycles. The number of halogens is 2. The van der Waals surface area contributed by atoms with Crippen molar-refractivity contribution < 1.29 is 23.1 Å². The first-order valence-corrected chi connectivity index (χ1v) is 16.1. The summed E-state index contributed by atoms with van der Waals surface area (Å²) in [4.78, 5) is 16.4. The third kappa shape index (κ3) is 9.05. The smallest absolute Gasteiger partial charge is 0.408 e. The molecule has 1 aromatic carbocycles. The maximum Gasteiger partial charge on any atom is 0.408 e. The molecule has 1 N–H and O–H groups in total. The first kappa shape index (κ1) is 30.6. The number of pyridine rings is 1. The van der Waals surface area contributed by atoms with Gasteiger partial charge in [0.1, 0.15) is 11.4 Å². The number of ether oxygens (including phenoxy) is 2. The lowest BCUT2D eigenvalue weighted by Gasteiger charge is -2.37. The number of benzene rings is 1. The molecule has 1 atom stereocenters. The molecule has 0 saturated carbocycles. The lowest BCUT2D eigenvalue weighted by molar-refractivity contribution is 0.0477. The fraction of sp³-hybridized carbons (Fsp3) is 0.464. The summed E-state index contributed by atoms with van der Waals surface area (Å²) in [5.74, 6) is -0.367. The normalized spacial score (nSPS) is 13.2. The SMILES string of the molecule is CC(C)(C)OC(=O)N[C@H](CO[Si](C)(C)C(C)(C)C)Cn1ccc(-c2ccc(Oc3ncc(Cl)cc3F)cc2)n1. The van der Waals surface area contributed by atoms with Gasteiger partial charge in [-0.15, -0.1) is 0 Å². The van der Waals surface area contributed by atoms with Crippen molar-refractivity contribution in [2.75, 3.05) is 6.61 Å². The number of aromatic nitrogens is 3. The van der Waals surface area contributed by atoms with Gasteiger partial charge in [0, 0.05) is 18.0 Å². The number of rotatable bonds is 9. The summed E-state index contributed by atoms with van der Waals surface area (Å²) >= 11 is 5.75. The summed E-state index contributed by atoms with van der Waals surface area (Å²) in [6, 6.07) is 9.76. The molecule has 0 unspecified atom stereocenters. The van der Waals surface area contributed by atoms with E-state index in [1.54, 1.807) is 16.8 Å². The van der Waals surface area contributed by atoms with Crippen LogP contribution in [0.4, 0.5) is 9.18 Å². The van der Waals surface area contributed by atoms with Gasteiger partial charge in [0.25, 0.3) is 5.88 Å². The molecular weight excluding hydrogens is 539 g/mol. The lowest BCUT2D eigenvalue weighted by Crippen LogP contribution is -2.48. The molecule has 0 radical (unpaired) electrons. The van der Waals surface area contributed by atoms with Gasteiger partial charge in [-0.1, -0.05) is 32.4 Å². The van der Waals surface area contributed by atoms with Gasteiger partial charge in [-0.3, -0.25) is 4.68 Å². The number of carbonyl (C=O) groups excluding carboxylic acids is 1. The molecule has 1 amide bonds. The zero-order chi connectivity index (χ0) is 29.0. The Bertz CT molecular complexity index is 1270. The van der Waals surface area contributed by atoms with E-state index in [0.717, 1.165) is 17.3 Å². The van der Waals surface area contributed by atoms with Crippen molar-refractivity contribution in [3.05, 3.63) is 59.6 Å². The Kier molecular flexibility index (Phi) is 9.46. The highest BCUT2D eigenvalue weighted by molar-refractivity contribution is 6.74. The van der Waals surface area contributed by atoms with Crippen molar-refractivity contribution >= 4 is 26.0 Å². The van der Waals surface area contributed by atoms with Crippen LogP contribution in [0.25, 0.3) is 11.3 Å². The fourth-order valence-electron chi connectivity index (χ4n) is 3.27. The molecule has 3 rings (SSSR count). The van der Waals surface area contributed by atoms with Crippen molar-refractivity contribution in [3.63, 3.8) is 0 Å². The molecule has 0 spiro atoms. The number of amides is 1. The molecular formula is C28H38ClFN4O4Si. The Morgan fingerprint density at radius 2 is 1.79 bits per heavy atom. The molecule has 39 heavy (non-hydrogen) atoms. The number of nitrogens with zero attached hydrogens (tertiary/aromatic N) is 3. The summed E-state index contributed by atoms with van der Waals surface area (Å²) in [5, 5.41) is 7.86. The minimum absolute atomic E-state index is 0.0353. The van der Waals surface area contributed by atoms with Crippen molar-refractivity contribution in [3.8, 4) is 22.9 Å². The predicted octanol–water partition coefficient (Wildman–Crippen LogP) is 7.45. The summed E-state index contributed by atoms with van der Waals surface area (Å²) in [6.45, 7) is 17.1. The van der Waals surface area contributed by atoms with Crippen molar-refractivity contribution in [2.45, 2.75) is 77.9 Å². The second-order valence-electron chi connectivity index (χ2n) is 11.9. The molecule has 0 bridgehead atoms. The summed E-state index contributed by atoms with van der Waals surface area (Å²) in [5.41, 5.74) is 0.970. The van der Waals surface area contributed by atoms with E-state index in [4.69, 9.17) is 25.5 Å². The average Bonchev–Trinajstić information content (AvgIpc) is 3.26. The van der Waals surface area contributed by atoms with E-state index >= 15 is 0 Å². The minimum atomic E-state index is -2.04. The van der Waals surface area contributed by atoms with Crippen molar-refractivity contribution in [1.82, 2.24) is 20.1 Å². The maximum absolute atomic E-state index is 14.0. The van der Waals surface area contributed by atoms with E-state index < -0.39 is 25.8 Å². The van der Waals surface area contributed by atoms with Crippen LogP contribution < -0.4 is 10.1 Å². The molecule has 212 valence electrons. The van der Waals surface area contributed by atoms with Crippen LogP contribution in [0.1, 0.15) is 41.5 Å². The third-order valence-electron chi connectivity index (χ3n) is 6.36. The maximum atomic E-state index is 14.0. The van der Waals surface area contributed by atoms with Gasteiger partial charge in [0.05, 0.1) is 29.9 Å². The molecule has 0 aliphatic heterocycles. The van der Waals surface area contributed by atoms with E-state index in [1.807, 2.05) is 45.2 Å². The van der Waals surface area contributed by atoms with Gasteiger partial charge < -0.3 is 19.2 Å². The number of carbonyl (C=O) groups is 1. The minimum Gasteiger partial charge on any atom is -0.444 e. The van der Waals surface area contributed by atoms with Gasteiger partial charge in [0.2, 0.25) is 0 Å².